The van der Waals surface area contributed by atoms with E-state index >= 15 is 0 Å². The van der Waals surface area contributed by atoms with Gasteiger partial charge in [-0.3, -0.25) is 0 Å². The smallest absolute Gasteiger partial charge is 0.243 e. The standard InChI is InChI=1S/C12H16Cl2N2O2S.ClH/c1-16(12(7-15)8-2-3-8)19(17,18)9-4-5-10(13)11(14)6-9;/h4-6,8,12H,2-3,7,15H2,1H3;1H. The van der Waals surface area contributed by atoms with Crippen LogP contribution in [0.4, 0.5) is 0 Å². The molecule has 114 valence electrons. The predicted molar refractivity (Wildman–Crippen MR) is 84.2 cm³/mol. The lowest BCUT2D eigenvalue weighted by Crippen LogP contribution is -2.43. The molecular weight excluding hydrogens is 343 g/mol. The van der Waals surface area contributed by atoms with E-state index < -0.39 is 10.0 Å². The largest absolute Gasteiger partial charge is 0.329 e. The van der Waals surface area contributed by atoms with Crippen molar-refractivity contribution in [2.45, 2.75) is 23.8 Å². The molecule has 0 aromatic heterocycles. The fourth-order valence-electron chi connectivity index (χ4n) is 2.10. The molecule has 1 atom stereocenters. The summed E-state index contributed by atoms with van der Waals surface area (Å²) in [6.07, 6.45) is 2.06. The monoisotopic (exact) mass is 358 g/mol. The van der Waals surface area contributed by atoms with Crippen molar-refractivity contribution in [2.24, 2.45) is 11.7 Å². The first kappa shape index (κ1) is 18.0. The lowest BCUT2D eigenvalue weighted by Gasteiger charge is -2.26. The van der Waals surface area contributed by atoms with Gasteiger partial charge in [0.2, 0.25) is 10.0 Å². The summed E-state index contributed by atoms with van der Waals surface area (Å²) in [6, 6.07) is 4.16. The molecule has 1 aliphatic carbocycles. The predicted octanol–water partition coefficient (Wildman–Crippen LogP) is 2.77. The molecule has 1 aromatic carbocycles. The number of sulfonamides is 1. The van der Waals surface area contributed by atoms with Crippen LogP contribution in [-0.2, 0) is 10.0 Å². The molecule has 2 N–H and O–H groups in total. The molecule has 0 spiro atoms. The third-order valence-electron chi connectivity index (χ3n) is 3.44. The quantitative estimate of drug-likeness (QED) is 0.879. The van der Waals surface area contributed by atoms with E-state index in [0.717, 1.165) is 12.8 Å². The van der Waals surface area contributed by atoms with E-state index in [1.54, 1.807) is 7.05 Å². The number of likely N-dealkylation sites (N-methyl/N-ethyl adjacent to an activating group) is 1. The van der Waals surface area contributed by atoms with E-state index in [2.05, 4.69) is 0 Å². The first-order valence-electron chi connectivity index (χ1n) is 6.01. The number of benzene rings is 1. The third kappa shape index (κ3) is 3.59. The molecule has 8 heteroatoms. The molecule has 0 radical (unpaired) electrons. The fraction of sp³-hybridized carbons (Fsp3) is 0.500. The minimum atomic E-state index is -3.58. The van der Waals surface area contributed by atoms with Gasteiger partial charge < -0.3 is 5.73 Å². The highest BCUT2D eigenvalue weighted by Crippen LogP contribution is 2.36. The SMILES string of the molecule is CN(C(CN)C1CC1)S(=O)(=O)c1ccc(Cl)c(Cl)c1.Cl. The highest BCUT2D eigenvalue weighted by Gasteiger charge is 2.38. The molecule has 4 nitrogen and oxygen atoms in total. The summed E-state index contributed by atoms with van der Waals surface area (Å²) in [5, 5.41) is 0.563. The molecule has 2 rings (SSSR count). The summed E-state index contributed by atoms with van der Waals surface area (Å²) < 4.78 is 26.3. The van der Waals surface area contributed by atoms with Gasteiger partial charge in [-0.1, -0.05) is 23.2 Å². The Morgan fingerprint density at radius 2 is 1.95 bits per heavy atom. The first-order valence-corrected chi connectivity index (χ1v) is 8.20. The van der Waals surface area contributed by atoms with Crippen molar-refractivity contribution in [3.63, 3.8) is 0 Å². The Morgan fingerprint density at radius 3 is 2.40 bits per heavy atom. The average molecular weight is 360 g/mol. The van der Waals surface area contributed by atoms with Crippen LogP contribution in [-0.4, -0.2) is 32.4 Å². The van der Waals surface area contributed by atoms with Gasteiger partial charge in [0, 0.05) is 19.6 Å². The summed E-state index contributed by atoms with van der Waals surface area (Å²) in [5.74, 6) is 0.368. The van der Waals surface area contributed by atoms with Gasteiger partial charge in [-0.15, -0.1) is 12.4 Å². The molecule has 1 aliphatic rings. The highest BCUT2D eigenvalue weighted by atomic mass is 35.5. The second kappa shape index (κ2) is 6.81. The summed E-state index contributed by atoms with van der Waals surface area (Å²) in [5.41, 5.74) is 5.69. The number of hydrogen-bond donors (Lipinski definition) is 1. The summed E-state index contributed by atoms with van der Waals surface area (Å²) >= 11 is 11.7. The average Bonchev–Trinajstić information content (AvgIpc) is 3.17. The molecular formula is C12H17Cl3N2O2S. The van der Waals surface area contributed by atoms with Crippen LogP contribution in [0.25, 0.3) is 0 Å². The zero-order chi connectivity index (χ0) is 14.2. The van der Waals surface area contributed by atoms with Crippen LogP contribution in [0.3, 0.4) is 0 Å². The lowest BCUT2D eigenvalue weighted by molar-refractivity contribution is 0.340. The third-order valence-corrected chi connectivity index (χ3v) is 6.06. The molecule has 1 saturated carbocycles. The van der Waals surface area contributed by atoms with Gasteiger partial charge in [0.05, 0.1) is 14.9 Å². The van der Waals surface area contributed by atoms with Gasteiger partial charge in [-0.05, 0) is 37.0 Å². The second-order valence-electron chi connectivity index (χ2n) is 4.74. The maximum absolute atomic E-state index is 12.5. The minimum Gasteiger partial charge on any atom is -0.329 e. The van der Waals surface area contributed by atoms with E-state index in [4.69, 9.17) is 28.9 Å². The summed E-state index contributed by atoms with van der Waals surface area (Å²) in [6.45, 7) is 0.321. The molecule has 1 aromatic rings. The van der Waals surface area contributed by atoms with Crippen molar-refractivity contribution in [2.75, 3.05) is 13.6 Å². The Balaban J connectivity index is 0.00000200. The van der Waals surface area contributed by atoms with Gasteiger partial charge in [-0.25, -0.2) is 8.42 Å². The number of nitrogens with zero attached hydrogens (tertiary/aromatic N) is 1. The second-order valence-corrected chi connectivity index (χ2v) is 7.55. The number of nitrogens with two attached hydrogens (primary N) is 1. The van der Waals surface area contributed by atoms with Crippen LogP contribution in [0.5, 0.6) is 0 Å². The molecule has 0 saturated heterocycles. The maximum Gasteiger partial charge on any atom is 0.243 e. The van der Waals surface area contributed by atoms with Gasteiger partial charge >= 0.3 is 0 Å². The van der Waals surface area contributed by atoms with Gasteiger partial charge in [0.1, 0.15) is 0 Å². The van der Waals surface area contributed by atoms with E-state index in [-0.39, 0.29) is 28.4 Å². The molecule has 20 heavy (non-hydrogen) atoms. The Bertz CT molecular complexity index is 576. The van der Waals surface area contributed by atoms with E-state index in [0.29, 0.717) is 17.5 Å². The maximum atomic E-state index is 12.5. The zero-order valence-corrected chi connectivity index (χ0v) is 14.1. The fourth-order valence-corrected chi connectivity index (χ4v) is 3.92. The molecule has 0 bridgehead atoms. The van der Waals surface area contributed by atoms with Crippen molar-refractivity contribution < 1.29 is 8.42 Å². The summed E-state index contributed by atoms with van der Waals surface area (Å²) in [7, 11) is -2.02. The van der Waals surface area contributed by atoms with Crippen LogP contribution >= 0.6 is 35.6 Å². The molecule has 1 unspecified atom stereocenters. The number of hydrogen-bond acceptors (Lipinski definition) is 3. The molecule has 0 heterocycles. The van der Waals surface area contributed by atoms with Crippen LogP contribution in [0.1, 0.15) is 12.8 Å². The summed E-state index contributed by atoms with van der Waals surface area (Å²) in [4.78, 5) is 0.142. The first-order chi connectivity index (χ1) is 8.87. The van der Waals surface area contributed by atoms with Crippen LogP contribution in [0, 0.1) is 5.92 Å². The van der Waals surface area contributed by atoms with Crippen LogP contribution in [0.15, 0.2) is 23.1 Å². The Kier molecular flexibility index (Phi) is 6.14. The van der Waals surface area contributed by atoms with Crippen molar-refractivity contribution in [1.29, 1.82) is 0 Å². The lowest BCUT2D eigenvalue weighted by atomic mass is 10.2. The van der Waals surface area contributed by atoms with E-state index in [1.165, 1.54) is 22.5 Å². The topological polar surface area (TPSA) is 63.4 Å². The van der Waals surface area contributed by atoms with Crippen LogP contribution < -0.4 is 5.73 Å². The zero-order valence-electron chi connectivity index (χ0n) is 10.9. The van der Waals surface area contributed by atoms with Gasteiger partial charge in [0.15, 0.2) is 0 Å². The molecule has 1 fully saturated rings. The Morgan fingerprint density at radius 1 is 1.35 bits per heavy atom. The molecule has 0 aliphatic heterocycles. The Labute approximate surface area is 135 Å². The van der Waals surface area contributed by atoms with Crippen LogP contribution in [0.2, 0.25) is 10.0 Å². The highest BCUT2D eigenvalue weighted by molar-refractivity contribution is 7.89. The van der Waals surface area contributed by atoms with Gasteiger partial charge in [-0.2, -0.15) is 4.31 Å². The Hall–Kier alpha value is -0.0400. The minimum absolute atomic E-state index is 0. The number of halogens is 3. The van der Waals surface area contributed by atoms with Crippen molar-refractivity contribution in [3.8, 4) is 0 Å². The van der Waals surface area contributed by atoms with Gasteiger partial charge in [0.25, 0.3) is 0 Å². The molecule has 0 amide bonds. The van der Waals surface area contributed by atoms with E-state index in [9.17, 15) is 8.42 Å². The van der Waals surface area contributed by atoms with Crippen molar-refractivity contribution in [1.82, 2.24) is 4.31 Å². The normalized spacial score (nSPS) is 16.9. The van der Waals surface area contributed by atoms with Crippen molar-refractivity contribution >= 4 is 45.6 Å². The number of rotatable bonds is 5. The van der Waals surface area contributed by atoms with E-state index in [1.807, 2.05) is 0 Å². The van der Waals surface area contributed by atoms with Crippen molar-refractivity contribution in [3.05, 3.63) is 28.2 Å².